The molecule has 1 fully saturated rings. The van der Waals surface area contributed by atoms with Crippen molar-refractivity contribution in [2.75, 3.05) is 20.3 Å². The van der Waals surface area contributed by atoms with E-state index in [2.05, 4.69) is 26.2 Å². The van der Waals surface area contributed by atoms with E-state index in [1.54, 1.807) is 0 Å². The maximum absolute atomic E-state index is 5.51. The van der Waals surface area contributed by atoms with Crippen molar-refractivity contribution >= 4 is 0 Å². The van der Waals surface area contributed by atoms with Gasteiger partial charge in [-0.1, -0.05) is 26.7 Å². The van der Waals surface area contributed by atoms with Crippen LogP contribution in [0.25, 0.3) is 0 Å². The average Bonchev–Trinajstić information content (AvgIpc) is 2.73. The van der Waals surface area contributed by atoms with Gasteiger partial charge in [-0.3, -0.25) is 0 Å². The molecule has 1 heterocycles. The Morgan fingerprint density at radius 3 is 2.33 bits per heavy atom. The summed E-state index contributed by atoms with van der Waals surface area (Å²) >= 11 is 0. The van der Waals surface area contributed by atoms with E-state index in [4.69, 9.17) is 4.74 Å². The smallest absolute Gasteiger partial charge is 0.0510 e. The lowest BCUT2D eigenvalue weighted by atomic mass is 9.82. The molecule has 1 N–H and O–H groups in total. The quantitative estimate of drug-likeness (QED) is 0.702. The summed E-state index contributed by atoms with van der Waals surface area (Å²) in [5, 5.41) is 3.53. The molecule has 0 bridgehead atoms. The van der Waals surface area contributed by atoms with Crippen LogP contribution in [-0.4, -0.2) is 26.3 Å². The van der Waals surface area contributed by atoms with Gasteiger partial charge in [0.05, 0.1) is 6.61 Å². The van der Waals surface area contributed by atoms with Crippen LogP contribution in [0.15, 0.2) is 0 Å². The summed E-state index contributed by atoms with van der Waals surface area (Å²) in [5.41, 5.74) is 0. The van der Waals surface area contributed by atoms with Gasteiger partial charge in [0, 0.05) is 18.6 Å². The molecule has 15 heavy (non-hydrogen) atoms. The maximum Gasteiger partial charge on any atom is 0.0510 e. The fourth-order valence-corrected chi connectivity index (χ4v) is 2.94. The molecule has 90 valence electrons. The van der Waals surface area contributed by atoms with Crippen LogP contribution < -0.4 is 5.32 Å². The zero-order chi connectivity index (χ0) is 11.1. The van der Waals surface area contributed by atoms with Crippen molar-refractivity contribution in [3.8, 4) is 0 Å². The predicted molar refractivity (Wildman–Crippen MR) is 65.1 cm³/mol. The molecular formula is C13H27NO. The standard InChI is InChI=1S/C13H27NO/c1-4-6-11(7-5-2)13(14-3)12-8-9-15-10-12/h11-14H,4-10H2,1-3H3. The number of nitrogens with one attached hydrogen (secondary N) is 1. The van der Waals surface area contributed by atoms with Crippen molar-refractivity contribution in [2.24, 2.45) is 11.8 Å². The van der Waals surface area contributed by atoms with E-state index < -0.39 is 0 Å². The molecule has 0 saturated carbocycles. The minimum absolute atomic E-state index is 0.674. The molecular weight excluding hydrogens is 186 g/mol. The van der Waals surface area contributed by atoms with Gasteiger partial charge in [-0.25, -0.2) is 0 Å². The van der Waals surface area contributed by atoms with Crippen molar-refractivity contribution in [3.05, 3.63) is 0 Å². The summed E-state index contributed by atoms with van der Waals surface area (Å²) < 4.78 is 5.51. The molecule has 0 amide bonds. The third kappa shape index (κ3) is 3.76. The Morgan fingerprint density at radius 2 is 1.93 bits per heavy atom. The van der Waals surface area contributed by atoms with Crippen LogP contribution in [0.4, 0.5) is 0 Å². The minimum atomic E-state index is 0.674. The first-order chi connectivity index (χ1) is 7.33. The van der Waals surface area contributed by atoms with E-state index in [0.717, 1.165) is 25.0 Å². The molecule has 0 spiro atoms. The molecule has 1 saturated heterocycles. The highest BCUT2D eigenvalue weighted by Gasteiger charge is 2.29. The van der Waals surface area contributed by atoms with Crippen LogP contribution in [0, 0.1) is 11.8 Å². The highest BCUT2D eigenvalue weighted by atomic mass is 16.5. The van der Waals surface area contributed by atoms with Crippen LogP contribution in [0.5, 0.6) is 0 Å². The summed E-state index contributed by atoms with van der Waals surface area (Å²) in [5.74, 6) is 1.59. The monoisotopic (exact) mass is 213 g/mol. The second-order valence-corrected chi connectivity index (χ2v) is 4.78. The van der Waals surface area contributed by atoms with E-state index in [1.165, 1.54) is 32.1 Å². The van der Waals surface area contributed by atoms with Gasteiger partial charge in [0.1, 0.15) is 0 Å². The van der Waals surface area contributed by atoms with Gasteiger partial charge < -0.3 is 10.1 Å². The average molecular weight is 213 g/mol. The highest BCUT2D eigenvalue weighted by molar-refractivity contribution is 4.84. The zero-order valence-corrected chi connectivity index (χ0v) is 10.6. The van der Waals surface area contributed by atoms with Gasteiger partial charge in [-0.05, 0) is 32.2 Å². The van der Waals surface area contributed by atoms with Crippen molar-refractivity contribution in [2.45, 2.75) is 52.0 Å². The van der Waals surface area contributed by atoms with E-state index >= 15 is 0 Å². The molecule has 0 aliphatic carbocycles. The van der Waals surface area contributed by atoms with Crippen LogP contribution in [0.3, 0.4) is 0 Å². The second kappa shape index (κ2) is 7.24. The van der Waals surface area contributed by atoms with Crippen molar-refractivity contribution in [1.82, 2.24) is 5.32 Å². The third-order valence-electron chi connectivity index (χ3n) is 3.63. The first-order valence-corrected chi connectivity index (χ1v) is 6.58. The SMILES string of the molecule is CCCC(CCC)C(NC)C1CCOC1. The topological polar surface area (TPSA) is 21.3 Å². The first-order valence-electron chi connectivity index (χ1n) is 6.58. The molecule has 0 aromatic carbocycles. The van der Waals surface area contributed by atoms with Gasteiger partial charge in [-0.2, -0.15) is 0 Å². The van der Waals surface area contributed by atoms with Crippen molar-refractivity contribution < 1.29 is 4.74 Å². The lowest BCUT2D eigenvalue weighted by Gasteiger charge is -2.30. The normalized spacial score (nSPS) is 23.6. The lowest BCUT2D eigenvalue weighted by molar-refractivity contribution is 0.162. The molecule has 0 aromatic rings. The van der Waals surface area contributed by atoms with Gasteiger partial charge in [0.15, 0.2) is 0 Å². The molecule has 0 radical (unpaired) electrons. The predicted octanol–water partition coefficient (Wildman–Crippen LogP) is 2.83. The number of hydrogen-bond donors (Lipinski definition) is 1. The van der Waals surface area contributed by atoms with Gasteiger partial charge in [-0.15, -0.1) is 0 Å². The number of ether oxygens (including phenoxy) is 1. The molecule has 2 atom stereocenters. The second-order valence-electron chi connectivity index (χ2n) is 4.78. The first kappa shape index (κ1) is 13.0. The Kier molecular flexibility index (Phi) is 6.26. The van der Waals surface area contributed by atoms with E-state index in [9.17, 15) is 0 Å². The summed E-state index contributed by atoms with van der Waals surface area (Å²) in [4.78, 5) is 0. The van der Waals surface area contributed by atoms with Gasteiger partial charge in [0.2, 0.25) is 0 Å². The zero-order valence-electron chi connectivity index (χ0n) is 10.6. The fraction of sp³-hybridized carbons (Fsp3) is 1.00. The maximum atomic E-state index is 5.51. The highest BCUT2D eigenvalue weighted by Crippen LogP contribution is 2.27. The molecule has 1 aliphatic heterocycles. The Morgan fingerprint density at radius 1 is 1.27 bits per heavy atom. The van der Waals surface area contributed by atoms with Crippen LogP contribution in [0.2, 0.25) is 0 Å². The minimum Gasteiger partial charge on any atom is -0.381 e. The van der Waals surface area contributed by atoms with Gasteiger partial charge in [0.25, 0.3) is 0 Å². The van der Waals surface area contributed by atoms with Crippen molar-refractivity contribution in [1.29, 1.82) is 0 Å². The van der Waals surface area contributed by atoms with Gasteiger partial charge >= 0.3 is 0 Å². The van der Waals surface area contributed by atoms with Crippen LogP contribution in [-0.2, 0) is 4.74 Å². The van der Waals surface area contributed by atoms with E-state index in [-0.39, 0.29) is 0 Å². The molecule has 2 nitrogen and oxygen atoms in total. The van der Waals surface area contributed by atoms with E-state index in [0.29, 0.717) is 6.04 Å². The number of rotatable bonds is 7. The Bertz CT molecular complexity index is 149. The third-order valence-corrected chi connectivity index (χ3v) is 3.63. The fourth-order valence-electron chi connectivity index (χ4n) is 2.94. The molecule has 1 aliphatic rings. The van der Waals surface area contributed by atoms with Crippen molar-refractivity contribution in [3.63, 3.8) is 0 Å². The molecule has 0 aromatic heterocycles. The lowest BCUT2D eigenvalue weighted by Crippen LogP contribution is -2.40. The molecule has 2 heteroatoms. The van der Waals surface area contributed by atoms with Crippen LogP contribution in [0.1, 0.15) is 46.0 Å². The van der Waals surface area contributed by atoms with E-state index in [1.807, 2.05) is 0 Å². The Balaban J connectivity index is 2.50. The summed E-state index contributed by atoms with van der Waals surface area (Å²) in [6, 6.07) is 0.674. The Hall–Kier alpha value is -0.0800. The Labute approximate surface area is 94.8 Å². The largest absolute Gasteiger partial charge is 0.381 e. The summed E-state index contributed by atoms with van der Waals surface area (Å²) in [7, 11) is 2.11. The van der Waals surface area contributed by atoms with Crippen LogP contribution >= 0.6 is 0 Å². The number of hydrogen-bond acceptors (Lipinski definition) is 2. The summed E-state index contributed by atoms with van der Waals surface area (Å²) in [6.45, 7) is 6.52. The molecule has 2 unspecified atom stereocenters. The summed E-state index contributed by atoms with van der Waals surface area (Å²) in [6.07, 6.45) is 6.56. The molecule has 1 rings (SSSR count).